The van der Waals surface area contributed by atoms with Crippen molar-refractivity contribution < 1.29 is 13.2 Å². The van der Waals surface area contributed by atoms with Gasteiger partial charge in [-0.15, -0.1) is 0 Å². The second kappa shape index (κ2) is 7.53. The molecule has 1 atom stereocenters. The van der Waals surface area contributed by atoms with E-state index in [0.717, 1.165) is 10.6 Å². The Morgan fingerprint density at radius 2 is 1.75 bits per heavy atom. The Labute approximate surface area is 151 Å². The van der Waals surface area contributed by atoms with E-state index in [-0.39, 0.29) is 0 Å². The number of likely N-dealkylation sites (N-methyl/N-ethyl adjacent to an activating group) is 1. The molecule has 5 nitrogen and oxygen atoms in total. The third-order valence-corrected chi connectivity index (χ3v) is 5.26. The summed E-state index contributed by atoms with van der Waals surface area (Å²) in [5.41, 5.74) is 0.859. The number of halogens is 2. The van der Waals surface area contributed by atoms with E-state index in [2.05, 4.69) is 5.32 Å². The van der Waals surface area contributed by atoms with Crippen molar-refractivity contribution in [3.63, 3.8) is 0 Å². The van der Waals surface area contributed by atoms with Gasteiger partial charge in [0.2, 0.25) is 15.9 Å². The first kappa shape index (κ1) is 18.7. The molecule has 0 unspecified atom stereocenters. The van der Waals surface area contributed by atoms with Crippen molar-refractivity contribution in [2.45, 2.75) is 6.04 Å². The van der Waals surface area contributed by atoms with Crippen molar-refractivity contribution in [1.29, 1.82) is 0 Å². The highest BCUT2D eigenvalue weighted by Gasteiger charge is 2.31. The topological polar surface area (TPSA) is 66.5 Å². The van der Waals surface area contributed by atoms with Gasteiger partial charge in [-0.05, 0) is 23.8 Å². The Morgan fingerprint density at radius 1 is 1.12 bits per heavy atom. The Balaban J connectivity index is 2.40. The summed E-state index contributed by atoms with van der Waals surface area (Å²) in [6, 6.07) is 12.2. The highest BCUT2D eigenvalue weighted by atomic mass is 35.5. The molecule has 0 fully saturated rings. The van der Waals surface area contributed by atoms with E-state index in [1.165, 1.54) is 13.1 Å². The van der Waals surface area contributed by atoms with Crippen LogP contribution in [0.4, 0.5) is 5.69 Å². The van der Waals surface area contributed by atoms with Crippen LogP contribution in [-0.2, 0) is 14.8 Å². The fourth-order valence-corrected chi connectivity index (χ4v) is 3.08. The predicted molar refractivity (Wildman–Crippen MR) is 96.9 cm³/mol. The zero-order valence-electron chi connectivity index (χ0n) is 13.0. The van der Waals surface area contributed by atoms with Crippen LogP contribution in [0.3, 0.4) is 0 Å². The third kappa shape index (κ3) is 4.48. The van der Waals surface area contributed by atoms with Crippen LogP contribution in [0.15, 0.2) is 48.5 Å². The number of carbonyl (C=O) groups excluding carboxylic acids is 1. The molecule has 0 saturated heterocycles. The van der Waals surface area contributed by atoms with Crippen LogP contribution < -0.4 is 5.32 Å². The van der Waals surface area contributed by atoms with Crippen LogP contribution in [0, 0.1) is 0 Å². The molecule has 0 aliphatic carbocycles. The largest absolute Gasteiger partial charge is 0.323 e. The summed E-state index contributed by atoms with van der Waals surface area (Å²) in [4.78, 5) is 12.7. The SMILES string of the molecule is CN([C@@H](C(=O)Nc1cc(Cl)ccc1Cl)c1ccccc1)S(C)(=O)=O. The third-order valence-electron chi connectivity index (χ3n) is 3.44. The molecule has 0 aliphatic heterocycles. The van der Waals surface area contributed by atoms with E-state index in [0.29, 0.717) is 21.3 Å². The van der Waals surface area contributed by atoms with Crippen LogP contribution in [0.1, 0.15) is 11.6 Å². The van der Waals surface area contributed by atoms with Gasteiger partial charge in [-0.2, -0.15) is 4.31 Å². The standard InChI is InChI=1S/C16H16Cl2N2O3S/c1-20(24(2,22)23)15(11-6-4-3-5-7-11)16(21)19-14-10-12(17)8-9-13(14)18/h3-10,15H,1-2H3,(H,19,21)/t15-/m1/s1. The fraction of sp³-hybridized carbons (Fsp3) is 0.188. The van der Waals surface area contributed by atoms with Gasteiger partial charge in [-0.25, -0.2) is 8.42 Å². The Hall–Kier alpha value is -1.60. The maximum Gasteiger partial charge on any atom is 0.247 e. The van der Waals surface area contributed by atoms with Crippen LogP contribution in [-0.4, -0.2) is 31.9 Å². The highest BCUT2D eigenvalue weighted by Crippen LogP contribution is 2.28. The summed E-state index contributed by atoms with van der Waals surface area (Å²) in [7, 11) is -2.24. The molecule has 0 saturated carbocycles. The molecule has 1 N–H and O–H groups in total. The normalized spacial score (nSPS) is 12.9. The van der Waals surface area contributed by atoms with Crippen molar-refractivity contribution in [3.05, 3.63) is 64.1 Å². The minimum Gasteiger partial charge on any atom is -0.323 e. The number of sulfonamides is 1. The van der Waals surface area contributed by atoms with E-state index < -0.39 is 22.0 Å². The number of benzene rings is 2. The van der Waals surface area contributed by atoms with Crippen LogP contribution in [0.25, 0.3) is 0 Å². The molecule has 2 rings (SSSR count). The minimum absolute atomic E-state index is 0.307. The molecule has 0 heterocycles. The van der Waals surface area contributed by atoms with Crippen molar-refractivity contribution >= 4 is 44.8 Å². The molecule has 0 spiro atoms. The summed E-state index contributed by atoms with van der Waals surface area (Å²) in [5.74, 6) is -0.529. The highest BCUT2D eigenvalue weighted by molar-refractivity contribution is 7.88. The second-order valence-corrected chi connectivity index (χ2v) is 8.09. The monoisotopic (exact) mass is 386 g/mol. The van der Waals surface area contributed by atoms with Crippen LogP contribution >= 0.6 is 23.2 Å². The molecular weight excluding hydrogens is 371 g/mol. The van der Waals surface area contributed by atoms with Gasteiger partial charge >= 0.3 is 0 Å². The molecule has 2 aromatic carbocycles. The zero-order valence-corrected chi connectivity index (χ0v) is 15.4. The second-order valence-electron chi connectivity index (χ2n) is 5.21. The molecule has 24 heavy (non-hydrogen) atoms. The maximum absolute atomic E-state index is 12.7. The lowest BCUT2D eigenvalue weighted by Gasteiger charge is -2.25. The van der Waals surface area contributed by atoms with Gasteiger partial charge in [-0.1, -0.05) is 53.5 Å². The van der Waals surface area contributed by atoms with Gasteiger partial charge < -0.3 is 5.32 Å². The molecule has 8 heteroatoms. The quantitative estimate of drug-likeness (QED) is 0.853. The zero-order chi connectivity index (χ0) is 17.9. The lowest BCUT2D eigenvalue weighted by molar-refractivity contribution is -0.119. The molecule has 1 amide bonds. The number of anilines is 1. The number of nitrogens with zero attached hydrogens (tertiary/aromatic N) is 1. The number of rotatable bonds is 5. The lowest BCUT2D eigenvalue weighted by Crippen LogP contribution is -2.38. The molecule has 0 bridgehead atoms. The molecule has 0 aromatic heterocycles. The van der Waals surface area contributed by atoms with E-state index in [1.807, 2.05) is 0 Å². The summed E-state index contributed by atoms with van der Waals surface area (Å²) in [5, 5.41) is 3.35. The summed E-state index contributed by atoms with van der Waals surface area (Å²) in [6.45, 7) is 0. The lowest BCUT2D eigenvalue weighted by atomic mass is 10.1. The Bertz CT molecular complexity index is 842. The van der Waals surface area contributed by atoms with Crippen molar-refractivity contribution in [3.8, 4) is 0 Å². The van der Waals surface area contributed by atoms with Gasteiger partial charge in [0.25, 0.3) is 0 Å². The number of hydrogen-bond donors (Lipinski definition) is 1. The van der Waals surface area contributed by atoms with Gasteiger partial charge in [0, 0.05) is 12.1 Å². The van der Waals surface area contributed by atoms with Gasteiger partial charge in [0.1, 0.15) is 6.04 Å². The van der Waals surface area contributed by atoms with Crippen LogP contribution in [0.2, 0.25) is 10.0 Å². The average Bonchev–Trinajstić information content (AvgIpc) is 2.51. The van der Waals surface area contributed by atoms with E-state index in [1.54, 1.807) is 42.5 Å². The fourth-order valence-electron chi connectivity index (χ4n) is 2.15. The first-order valence-electron chi connectivity index (χ1n) is 6.94. The molecule has 128 valence electrons. The maximum atomic E-state index is 12.7. The average molecular weight is 387 g/mol. The van der Waals surface area contributed by atoms with Gasteiger partial charge in [-0.3, -0.25) is 4.79 Å². The van der Waals surface area contributed by atoms with Crippen molar-refractivity contribution in [2.24, 2.45) is 0 Å². The first-order valence-corrected chi connectivity index (χ1v) is 9.54. The predicted octanol–water partition coefficient (Wildman–Crippen LogP) is 3.56. The molecule has 0 aliphatic rings. The number of hydrogen-bond acceptors (Lipinski definition) is 3. The van der Waals surface area contributed by atoms with Gasteiger partial charge in [0.05, 0.1) is 17.0 Å². The van der Waals surface area contributed by atoms with E-state index >= 15 is 0 Å². The smallest absolute Gasteiger partial charge is 0.247 e. The minimum atomic E-state index is -3.59. The van der Waals surface area contributed by atoms with Crippen molar-refractivity contribution in [2.75, 3.05) is 18.6 Å². The number of nitrogens with one attached hydrogen (secondary N) is 1. The van der Waals surface area contributed by atoms with E-state index in [9.17, 15) is 13.2 Å². The summed E-state index contributed by atoms with van der Waals surface area (Å²) >= 11 is 12.0. The van der Waals surface area contributed by atoms with Crippen molar-refractivity contribution in [1.82, 2.24) is 4.31 Å². The van der Waals surface area contributed by atoms with Crippen LogP contribution in [0.5, 0.6) is 0 Å². The summed E-state index contributed by atoms with van der Waals surface area (Å²) < 4.78 is 24.9. The molecule has 2 aromatic rings. The first-order chi connectivity index (χ1) is 11.2. The Kier molecular flexibility index (Phi) is 5.87. The van der Waals surface area contributed by atoms with E-state index in [4.69, 9.17) is 23.2 Å². The molecule has 0 radical (unpaired) electrons. The Morgan fingerprint density at radius 3 is 2.33 bits per heavy atom. The number of carbonyl (C=O) groups is 1. The number of amides is 1. The van der Waals surface area contributed by atoms with Gasteiger partial charge in [0.15, 0.2) is 0 Å². The molecular formula is C16H16Cl2N2O3S. The summed E-state index contributed by atoms with van der Waals surface area (Å²) in [6.07, 6.45) is 1.04.